The van der Waals surface area contributed by atoms with Crippen molar-refractivity contribution >= 4 is 17.2 Å². The summed E-state index contributed by atoms with van der Waals surface area (Å²) in [6, 6.07) is 8.12. The molecule has 7 heteroatoms. The molecule has 3 aromatic rings. The monoisotopic (exact) mass is 339 g/mol. The van der Waals surface area contributed by atoms with E-state index in [2.05, 4.69) is 36.7 Å². The Balaban J connectivity index is 1.29. The van der Waals surface area contributed by atoms with Crippen LogP contribution in [-0.2, 0) is 30.6 Å². The lowest BCUT2D eigenvalue weighted by Crippen LogP contribution is -2.30. The maximum Gasteiger partial charge on any atom is 0.224 e. The first kappa shape index (κ1) is 15.0. The summed E-state index contributed by atoms with van der Waals surface area (Å²) in [5.41, 5.74) is 4.88. The highest BCUT2D eigenvalue weighted by molar-refractivity contribution is 7.08. The van der Waals surface area contributed by atoms with Gasteiger partial charge in [-0.3, -0.25) is 4.79 Å². The molecule has 1 aliphatic rings. The zero-order valence-corrected chi connectivity index (χ0v) is 13.8. The van der Waals surface area contributed by atoms with Crippen LogP contribution in [0.25, 0.3) is 0 Å². The van der Waals surface area contributed by atoms with Gasteiger partial charge in [0, 0.05) is 18.9 Å². The van der Waals surface area contributed by atoms with Crippen LogP contribution in [-0.4, -0.2) is 26.5 Å². The number of rotatable bonds is 5. The third-order valence-electron chi connectivity index (χ3n) is 4.38. The van der Waals surface area contributed by atoms with E-state index in [1.54, 1.807) is 11.3 Å². The molecule has 6 nitrogen and oxygen atoms in total. The largest absolute Gasteiger partial charge is 0.352 e. The minimum atomic E-state index is 0.0842. The van der Waals surface area contributed by atoms with Gasteiger partial charge in [-0.1, -0.05) is 29.5 Å². The first-order valence-corrected chi connectivity index (χ1v) is 8.84. The number of nitrogens with zero attached hydrogens (tertiary/aromatic N) is 3. The molecule has 0 spiro atoms. The Hall–Kier alpha value is -2.54. The number of thiophene rings is 1. The van der Waals surface area contributed by atoms with Crippen LogP contribution in [0.4, 0.5) is 0 Å². The van der Waals surface area contributed by atoms with Gasteiger partial charge in [0.2, 0.25) is 5.91 Å². The number of amides is 1. The molecule has 4 rings (SSSR count). The molecule has 2 N–H and O–H groups in total. The maximum atomic E-state index is 12.3. The summed E-state index contributed by atoms with van der Waals surface area (Å²) in [6.45, 7) is 0.560. The smallest absolute Gasteiger partial charge is 0.224 e. The number of nitrogens with one attached hydrogen (secondary N) is 2. The summed E-state index contributed by atoms with van der Waals surface area (Å²) in [4.78, 5) is 12.3. The number of carbonyl (C=O) groups is 1. The topological polar surface area (TPSA) is 83.6 Å². The summed E-state index contributed by atoms with van der Waals surface area (Å²) < 4.78 is 0. The minimum Gasteiger partial charge on any atom is -0.352 e. The summed E-state index contributed by atoms with van der Waals surface area (Å²) in [6.07, 6.45) is 2.38. The van der Waals surface area contributed by atoms with Crippen LogP contribution in [0, 0.1) is 5.92 Å². The predicted molar refractivity (Wildman–Crippen MR) is 90.5 cm³/mol. The fraction of sp³-hybridized carbons (Fsp3) is 0.294. The van der Waals surface area contributed by atoms with E-state index < -0.39 is 0 Å². The number of H-pyrrole nitrogens is 1. The van der Waals surface area contributed by atoms with Gasteiger partial charge in [-0.2, -0.15) is 16.6 Å². The lowest BCUT2D eigenvalue weighted by molar-refractivity contribution is -0.124. The Morgan fingerprint density at radius 3 is 2.54 bits per heavy atom. The first-order chi connectivity index (χ1) is 11.8. The lowest BCUT2D eigenvalue weighted by Gasteiger charge is -2.11. The zero-order chi connectivity index (χ0) is 16.4. The summed E-state index contributed by atoms with van der Waals surface area (Å²) in [5, 5.41) is 21.3. The van der Waals surface area contributed by atoms with Crippen LogP contribution in [0.2, 0.25) is 0 Å². The molecule has 0 saturated heterocycles. The van der Waals surface area contributed by atoms with E-state index in [0.29, 0.717) is 18.8 Å². The Kier molecular flexibility index (Phi) is 4.08. The highest BCUT2D eigenvalue weighted by Gasteiger charge is 2.27. The molecule has 0 atom stereocenters. The second-order valence-corrected chi connectivity index (χ2v) is 6.81. The number of aromatic amines is 1. The average Bonchev–Trinajstić information content (AvgIpc) is 3.31. The van der Waals surface area contributed by atoms with E-state index in [9.17, 15) is 4.79 Å². The van der Waals surface area contributed by atoms with Crippen molar-refractivity contribution in [2.45, 2.75) is 25.8 Å². The third-order valence-corrected chi connectivity index (χ3v) is 5.22. The van der Waals surface area contributed by atoms with E-state index in [1.165, 1.54) is 11.1 Å². The van der Waals surface area contributed by atoms with Crippen molar-refractivity contribution in [3.8, 4) is 0 Å². The fourth-order valence-corrected chi connectivity index (χ4v) is 3.94. The molecule has 0 bridgehead atoms. The van der Waals surface area contributed by atoms with Crippen LogP contribution in [0.15, 0.2) is 35.0 Å². The number of benzene rings is 1. The molecule has 1 aromatic carbocycles. The minimum absolute atomic E-state index is 0.0842. The predicted octanol–water partition coefficient (Wildman–Crippen LogP) is 1.88. The van der Waals surface area contributed by atoms with Crippen LogP contribution in [0.3, 0.4) is 0 Å². The van der Waals surface area contributed by atoms with Gasteiger partial charge in [-0.15, -0.1) is 10.2 Å². The van der Waals surface area contributed by atoms with E-state index in [1.807, 2.05) is 24.3 Å². The van der Waals surface area contributed by atoms with Crippen LogP contribution >= 0.6 is 11.3 Å². The van der Waals surface area contributed by atoms with Crippen LogP contribution < -0.4 is 5.32 Å². The van der Waals surface area contributed by atoms with Gasteiger partial charge in [-0.05, 0) is 45.9 Å². The van der Waals surface area contributed by atoms with Gasteiger partial charge < -0.3 is 5.32 Å². The Bertz CT molecular complexity index is 805. The average molecular weight is 339 g/mol. The molecule has 2 aromatic heterocycles. The van der Waals surface area contributed by atoms with E-state index in [4.69, 9.17) is 0 Å². The number of aromatic nitrogens is 4. The Morgan fingerprint density at radius 2 is 1.88 bits per heavy atom. The molecule has 0 saturated carbocycles. The Labute approximate surface area is 143 Å². The standard InChI is InChI=1S/C17H17N5OS/c23-17(13-6-14-9-24-10-15(14)7-13)18-8-12-3-1-11(2-4-12)5-16-19-21-22-20-16/h1-4,9-10,13H,5-8H2,(H,18,23)(H,19,20,21,22). The molecule has 0 radical (unpaired) electrons. The second kappa shape index (κ2) is 6.52. The van der Waals surface area contributed by atoms with Crippen molar-refractivity contribution in [1.82, 2.24) is 25.9 Å². The van der Waals surface area contributed by atoms with Gasteiger partial charge in [0.25, 0.3) is 0 Å². The van der Waals surface area contributed by atoms with Gasteiger partial charge in [0.05, 0.1) is 0 Å². The molecule has 0 aliphatic heterocycles. The van der Waals surface area contributed by atoms with Crippen molar-refractivity contribution in [1.29, 1.82) is 0 Å². The molecule has 0 unspecified atom stereocenters. The van der Waals surface area contributed by atoms with Crippen LogP contribution in [0.5, 0.6) is 0 Å². The SMILES string of the molecule is O=C(NCc1ccc(Cc2nn[nH]n2)cc1)C1Cc2cscc2C1. The maximum absolute atomic E-state index is 12.3. The molecular weight excluding hydrogens is 322 g/mol. The molecule has 122 valence electrons. The number of hydrogen-bond acceptors (Lipinski definition) is 5. The van der Waals surface area contributed by atoms with E-state index >= 15 is 0 Å². The van der Waals surface area contributed by atoms with Crippen LogP contribution in [0.1, 0.15) is 28.1 Å². The molecule has 0 fully saturated rings. The van der Waals surface area contributed by atoms with Crippen molar-refractivity contribution in [2.75, 3.05) is 0 Å². The third kappa shape index (κ3) is 3.21. The quantitative estimate of drug-likeness (QED) is 0.743. The van der Waals surface area contributed by atoms with E-state index in [0.717, 1.165) is 24.0 Å². The second-order valence-electron chi connectivity index (χ2n) is 6.07. The number of hydrogen-bond donors (Lipinski definition) is 2. The van der Waals surface area contributed by atoms with Gasteiger partial charge in [0.15, 0.2) is 5.82 Å². The molecule has 1 aliphatic carbocycles. The first-order valence-electron chi connectivity index (χ1n) is 7.90. The highest BCUT2D eigenvalue weighted by Crippen LogP contribution is 2.29. The molecule has 2 heterocycles. The van der Waals surface area contributed by atoms with E-state index in [-0.39, 0.29) is 11.8 Å². The Morgan fingerprint density at radius 1 is 1.17 bits per heavy atom. The van der Waals surface area contributed by atoms with Crippen molar-refractivity contribution < 1.29 is 4.79 Å². The zero-order valence-electron chi connectivity index (χ0n) is 13.0. The molecule has 1 amide bonds. The van der Waals surface area contributed by atoms with Gasteiger partial charge in [-0.25, -0.2) is 0 Å². The molecule has 24 heavy (non-hydrogen) atoms. The van der Waals surface area contributed by atoms with Crippen molar-refractivity contribution in [2.24, 2.45) is 5.92 Å². The highest BCUT2D eigenvalue weighted by atomic mass is 32.1. The summed E-state index contributed by atoms with van der Waals surface area (Å²) in [5.74, 6) is 0.901. The fourth-order valence-electron chi connectivity index (χ4n) is 3.05. The van der Waals surface area contributed by atoms with Gasteiger partial charge in [0.1, 0.15) is 0 Å². The molecular formula is C17H17N5OS. The summed E-state index contributed by atoms with van der Waals surface area (Å²) in [7, 11) is 0. The number of carbonyl (C=O) groups excluding carboxylic acids is 1. The normalized spacial score (nSPS) is 13.8. The number of tetrazole rings is 1. The summed E-state index contributed by atoms with van der Waals surface area (Å²) >= 11 is 1.72. The van der Waals surface area contributed by atoms with Crippen molar-refractivity contribution in [3.63, 3.8) is 0 Å². The van der Waals surface area contributed by atoms with Gasteiger partial charge >= 0.3 is 0 Å². The number of fused-ring (bicyclic) bond motifs is 1. The van der Waals surface area contributed by atoms with Crippen molar-refractivity contribution in [3.05, 3.63) is 63.1 Å². The lowest BCUT2D eigenvalue weighted by atomic mass is 10.1.